The van der Waals surface area contributed by atoms with Gasteiger partial charge in [0.15, 0.2) is 5.82 Å². The smallest absolute Gasteiger partial charge is 0.289 e. The zero-order chi connectivity index (χ0) is 8.27. The minimum absolute atomic E-state index is 0.165. The fourth-order valence-corrected chi connectivity index (χ4v) is 0.830. The van der Waals surface area contributed by atoms with Crippen LogP contribution < -0.4 is 5.69 Å². The quantitative estimate of drug-likeness (QED) is 0.692. The van der Waals surface area contributed by atoms with E-state index in [0.717, 1.165) is 6.42 Å². The van der Waals surface area contributed by atoms with Crippen molar-refractivity contribution in [1.29, 1.82) is 0 Å². The van der Waals surface area contributed by atoms with Crippen LogP contribution in [0.5, 0.6) is 0 Å². The summed E-state index contributed by atoms with van der Waals surface area (Å²) in [6.07, 6.45) is 2.43. The average Bonchev–Trinajstić information content (AvgIpc) is 2.33. The van der Waals surface area contributed by atoms with Gasteiger partial charge in [0, 0.05) is 6.54 Å². The molecule has 60 valence electrons. The van der Waals surface area contributed by atoms with Crippen LogP contribution in [-0.4, -0.2) is 14.8 Å². The van der Waals surface area contributed by atoms with Gasteiger partial charge in [-0.2, -0.15) is 5.10 Å². The van der Waals surface area contributed by atoms with E-state index in [4.69, 9.17) is 0 Å². The molecular formula is C7H11N3O. The molecule has 11 heavy (non-hydrogen) atoms. The van der Waals surface area contributed by atoms with Crippen molar-refractivity contribution >= 4 is 6.08 Å². The van der Waals surface area contributed by atoms with Gasteiger partial charge in [-0.05, 0) is 12.5 Å². The van der Waals surface area contributed by atoms with E-state index in [1.165, 1.54) is 10.8 Å². The van der Waals surface area contributed by atoms with Crippen molar-refractivity contribution in [2.24, 2.45) is 0 Å². The summed E-state index contributed by atoms with van der Waals surface area (Å²) in [7, 11) is 0. The number of aromatic amines is 1. The largest absolute Gasteiger partial charge is 0.343 e. The fraction of sp³-hybridized carbons (Fsp3) is 0.429. The topological polar surface area (TPSA) is 50.7 Å². The molecule has 0 amide bonds. The van der Waals surface area contributed by atoms with Crippen LogP contribution in [0.3, 0.4) is 0 Å². The second kappa shape index (κ2) is 3.18. The molecule has 0 aliphatic carbocycles. The Morgan fingerprint density at radius 3 is 3.00 bits per heavy atom. The van der Waals surface area contributed by atoms with E-state index in [1.807, 2.05) is 6.92 Å². The molecule has 0 spiro atoms. The Morgan fingerprint density at radius 1 is 1.82 bits per heavy atom. The molecule has 1 rings (SSSR count). The molecule has 0 saturated carbocycles. The third-order valence-electron chi connectivity index (χ3n) is 1.33. The second-order valence-electron chi connectivity index (χ2n) is 2.24. The summed E-state index contributed by atoms with van der Waals surface area (Å²) in [5, 5.41) is 3.95. The van der Waals surface area contributed by atoms with Gasteiger partial charge in [0.1, 0.15) is 0 Å². The molecule has 0 bridgehead atoms. The molecule has 1 aromatic heterocycles. The molecule has 0 radical (unpaired) electrons. The lowest BCUT2D eigenvalue weighted by Gasteiger charge is -1.91. The van der Waals surface area contributed by atoms with E-state index in [0.29, 0.717) is 12.4 Å². The number of aryl methyl sites for hydroxylation is 1. The summed E-state index contributed by atoms with van der Waals surface area (Å²) in [6.45, 7) is 6.15. The zero-order valence-corrected chi connectivity index (χ0v) is 6.50. The average molecular weight is 153 g/mol. The summed E-state index contributed by atoms with van der Waals surface area (Å²) in [5.41, 5.74) is -0.165. The minimum atomic E-state index is -0.165. The van der Waals surface area contributed by atoms with E-state index in [1.54, 1.807) is 0 Å². The van der Waals surface area contributed by atoms with Crippen molar-refractivity contribution in [3.8, 4) is 0 Å². The van der Waals surface area contributed by atoms with Crippen LogP contribution in [0.15, 0.2) is 11.4 Å². The third-order valence-corrected chi connectivity index (χ3v) is 1.33. The predicted octanol–water partition coefficient (Wildman–Crippen LogP) is 0.624. The molecule has 0 aliphatic heterocycles. The molecule has 0 saturated heterocycles. The Balaban J connectivity index is 2.97. The lowest BCUT2D eigenvalue weighted by molar-refractivity contribution is 0.581. The van der Waals surface area contributed by atoms with E-state index < -0.39 is 0 Å². The Bertz CT molecular complexity index is 297. The van der Waals surface area contributed by atoms with E-state index in [-0.39, 0.29) is 5.69 Å². The first-order valence-corrected chi connectivity index (χ1v) is 3.57. The first kappa shape index (κ1) is 7.78. The summed E-state index contributed by atoms with van der Waals surface area (Å²) >= 11 is 0. The minimum Gasteiger partial charge on any atom is -0.289 e. The third kappa shape index (κ3) is 1.58. The molecule has 0 unspecified atom stereocenters. The van der Waals surface area contributed by atoms with E-state index >= 15 is 0 Å². The Kier molecular flexibility index (Phi) is 2.25. The number of nitrogens with one attached hydrogen (secondary N) is 1. The van der Waals surface area contributed by atoms with Crippen LogP contribution in [0.25, 0.3) is 6.08 Å². The standard InChI is InChI=1S/C7H11N3O/c1-3-5-10-7(11)8-6(4-2)9-10/h4H,2-3,5H2,1H3,(H,8,9,11). The molecular weight excluding hydrogens is 142 g/mol. The highest BCUT2D eigenvalue weighted by Crippen LogP contribution is 1.87. The molecule has 4 heteroatoms. The van der Waals surface area contributed by atoms with Gasteiger partial charge in [-0.25, -0.2) is 9.48 Å². The molecule has 1 aromatic rings. The summed E-state index contributed by atoms with van der Waals surface area (Å²) in [5.74, 6) is 0.531. The van der Waals surface area contributed by atoms with E-state index in [2.05, 4.69) is 16.7 Å². The monoisotopic (exact) mass is 153 g/mol. The fourth-order valence-electron chi connectivity index (χ4n) is 0.830. The Morgan fingerprint density at radius 2 is 2.55 bits per heavy atom. The van der Waals surface area contributed by atoms with Gasteiger partial charge in [0.2, 0.25) is 0 Å². The van der Waals surface area contributed by atoms with Gasteiger partial charge in [0.25, 0.3) is 0 Å². The maximum absolute atomic E-state index is 11.0. The van der Waals surface area contributed by atoms with Gasteiger partial charge < -0.3 is 0 Å². The van der Waals surface area contributed by atoms with Crippen molar-refractivity contribution in [3.63, 3.8) is 0 Å². The number of aromatic nitrogens is 3. The van der Waals surface area contributed by atoms with Crippen LogP contribution in [0.4, 0.5) is 0 Å². The van der Waals surface area contributed by atoms with Crippen LogP contribution in [0, 0.1) is 0 Å². The molecule has 0 atom stereocenters. The maximum atomic E-state index is 11.0. The van der Waals surface area contributed by atoms with Gasteiger partial charge in [-0.15, -0.1) is 0 Å². The highest BCUT2D eigenvalue weighted by molar-refractivity contribution is 5.34. The van der Waals surface area contributed by atoms with Gasteiger partial charge in [0.05, 0.1) is 0 Å². The first-order chi connectivity index (χ1) is 5.27. The highest BCUT2D eigenvalue weighted by atomic mass is 16.1. The normalized spacial score (nSPS) is 9.91. The molecule has 0 aromatic carbocycles. The van der Waals surface area contributed by atoms with Crippen molar-refractivity contribution in [3.05, 3.63) is 22.9 Å². The predicted molar refractivity (Wildman–Crippen MR) is 43.2 cm³/mol. The van der Waals surface area contributed by atoms with Gasteiger partial charge in [-0.3, -0.25) is 4.98 Å². The summed E-state index contributed by atoms with van der Waals surface area (Å²) in [6, 6.07) is 0. The molecule has 1 N–H and O–H groups in total. The SMILES string of the molecule is C=Cc1nn(CCC)c(=O)[nH]1. The summed E-state index contributed by atoms with van der Waals surface area (Å²) < 4.78 is 1.40. The lowest BCUT2D eigenvalue weighted by Crippen LogP contribution is -2.17. The molecule has 0 fully saturated rings. The molecule has 0 aliphatic rings. The van der Waals surface area contributed by atoms with E-state index in [9.17, 15) is 4.79 Å². The number of hydrogen-bond acceptors (Lipinski definition) is 2. The van der Waals surface area contributed by atoms with Crippen LogP contribution in [0.2, 0.25) is 0 Å². The highest BCUT2D eigenvalue weighted by Gasteiger charge is 1.98. The lowest BCUT2D eigenvalue weighted by atomic mass is 10.5. The number of nitrogens with zero attached hydrogens (tertiary/aromatic N) is 2. The number of hydrogen-bond donors (Lipinski definition) is 1. The summed E-state index contributed by atoms with van der Waals surface area (Å²) in [4.78, 5) is 13.5. The second-order valence-corrected chi connectivity index (χ2v) is 2.24. The Hall–Kier alpha value is -1.32. The molecule has 1 heterocycles. The van der Waals surface area contributed by atoms with Gasteiger partial charge >= 0.3 is 5.69 Å². The van der Waals surface area contributed by atoms with Crippen LogP contribution >= 0.6 is 0 Å². The zero-order valence-electron chi connectivity index (χ0n) is 6.50. The van der Waals surface area contributed by atoms with Gasteiger partial charge in [-0.1, -0.05) is 13.5 Å². The van der Waals surface area contributed by atoms with Crippen molar-refractivity contribution < 1.29 is 0 Å². The Labute approximate surface area is 64.6 Å². The molecule has 4 nitrogen and oxygen atoms in total. The maximum Gasteiger partial charge on any atom is 0.343 e. The van der Waals surface area contributed by atoms with Crippen LogP contribution in [0.1, 0.15) is 19.2 Å². The number of rotatable bonds is 3. The van der Waals surface area contributed by atoms with Crippen molar-refractivity contribution in [2.75, 3.05) is 0 Å². The number of H-pyrrole nitrogens is 1. The van der Waals surface area contributed by atoms with Crippen LogP contribution in [-0.2, 0) is 6.54 Å². The first-order valence-electron chi connectivity index (χ1n) is 3.57. The van der Waals surface area contributed by atoms with Crippen molar-refractivity contribution in [2.45, 2.75) is 19.9 Å². The van der Waals surface area contributed by atoms with Crippen molar-refractivity contribution in [1.82, 2.24) is 14.8 Å².